The predicted molar refractivity (Wildman–Crippen MR) is 91.0 cm³/mol. The van der Waals surface area contributed by atoms with Gasteiger partial charge in [0.1, 0.15) is 0 Å². The molecule has 2 amide bonds. The second-order valence-corrected chi connectivity index (χ2v) is 5.77. The fourth-order valence-corrected chi connectivity index (χ4v) is 3.14. The van der Waals surface area contributed by atoms with Crippen molar-refractivity contribution < 1.29 is 9.59 Å². The summed E-state index contributed by atoms with van der Waals surface area (Å²) in [5.74, 6) is -0.722. The molecule has 0 fully saturated rings. The van der Waals surface area contributed by atoms with Crippen LogP contribution in [0.15, 0.2) is 54.6 Å². The van der Waals surface area contributed by atoms with E-state index in [4.69, 9.17) is 17.3 Å². The van der Waals surface area contributed by atoms with Gasteiger partial charge in [-0.3, -0.25) is 9.59 Å². The van der Waals surface area contributed by atoms with Crippen LogP contribution in [0.2, 0.25) is 5.02 Å². The molecule has 0 saturated carbocycles. The normalized spacial score (nSPS) is 13.7. The molecule has 0 bridgehead atoms. The average Bonchev–Trinajstić information content (AvgIpc) is 2.56. The Labute approximate surface area is 137 Å². The van der Waals surface area contributed by atoms with Gasteiger partial charge < -0.3 is 5.73 Å². The SMILES string of the molecule is Nc1ccc(N2C(=O)c3cccc4c(Cl)ccc(c34)C2=O)cc1. The summed E-state index contributed by atoms with van der Waals surface area (Å²) in [6.45, 7) is 0. The van der Waals surface area contributed by atoms with Crippen LogP contribution >= 0.6 is 11.6 Å². The van der Waals surface area contributed by atoms with Gasteiger partial charge in [-0.2, -0.15) is 0 Å². The molecule has 112 valence electrons. The number of amides is 2. The summed E-state index contributed by atoms with van der Waals surface area (Å²) in [7, 11) is 0. The van der Waals surface area contributed by atoms with E-state index in [0.717, 1.165) is 0 Å². The number of nitrogen functional groups attached to an aromatic ring is 1. The summed E-state index contributed by atoms with van der Waals surface area (Å²) in [6, 6.07) is 15.3. The smallest absolute Gasteiger partial charge is 0.265 e. The highest BCUT2D eigenvalue weighted by molar-refractivity contribution is 6.40. The number of benzene rings is 3. The van der Waals surface area contributed by atoms with Crippen LogP contribution < -0.4 is 10.6 Å². The molecule has 4 rings (SSSR count). The lowest BCUT2D eigenvalue weighted by molar-refractivity contribution is 0.0893. The molecule has 1 aliphatic heterocycles. The third-order valence-corrected chi connectivity index (χ3v) is 4.34. The summed E-state index contributed by atoms with van der Waals surface area (Å²) < 4.78 is 0. The zero-order valence-corrected chi connectivity index (χ0v) is 12.7. The number of imide groups is 1. The molecule has 1 aliphatic rings. The first-order valence-corrected chi connectivity index (χ1v) is 7.41. The van der Waals surface area contributed by atoms with Crippen molar-refractivity contribution in [1.82, 2.24) is 0 Å². The summed E-state index contributed by atoms with van der Waals surface area (Å²) in [5, 5.41) is 1.84. The Morgan fingerprint density at radius 2 is 1.48 bits per heavy atom. The van der Waals surface area contributed by atoms with Crippen molar-refractivity contribution in [1.29, 1.82) is 0 Å². The highest BCUT2D eigenvalue weighted by Crippen LogP contribution is 2.35. The molecule has 4 nitrogen and oxygen atoms in total. The topological polar surface area (TPSA) is 63.4 Å². The zero-order chi connectivity index (χ0) is 16.1. The van der Waals surface area contributed by atoms with Gasteiger partial charge in [0, 0.05) is 32.6 Å². The highest BCUT2D eigenvalue weighted by atomic mass is 35.5. The quantitative estimate of drug-likeness (QED) is 0.546. The Morgan fingerprint density at radius 1 is 0.826 bits per heavy atom. The molecule has 0 aromatic heterocycles. The molecule has 5 heteroatoms. The molecule has 0 spiro atoms. The number of carbonyl (C=O) groups is 2. The van der Waals surface area contributed by atoms with Crippen LogP contribution in [0.25, 0.3) is 10.8 Å². The maximum atomic E-state index is 12.8. The minimum Gasteiger partial charge on any atom is -0.399 e. The number of rotatable bonds is 1. The standard InChI is InChI=1S/C18H11ClN2O2/c19-15-9-8-14-16-12(15)2-1-3-13(16)17(22)21(18(14)23)11-6-4-10(20)5-7-11/h1-9H,20H2. The van der Waals surface area contributed by atoms with Crippen molar-refractivity contribution in [2.45, 2.75) is 0 Å². The first-order chi connectivity index (χ1) is 11.1. The molecule has 23 heavy (non-hydrogen) atoms. The third-order valence-electron chi connectivity index (χ3n) is 4.01. The van der Waals surface area contributed by atoms with Gasteiger partial charge >= 0.3 is 0 Å². The molecular weight excluding hydrogens is 312 g/mol. The summed E-state index contributed by atoms with van der Waals surface area (Å²) >= 11 is 6.20. The first-order valence-electron chi connectivity index (χ1n) is 7.03. The van der Waals surface area contributed by atoms with Gasteiger partial charge in [0.2, 0.25) is 0 Å². The fraction of sp³-hybridized carbons (Fsp3) is 0. The number of anilines is 2. The van der Waals surface area contributed by atoms with Crippen molar-refractivity contribution in [3.8, 4) is 0 Å². The number of hydrogen-bond donors (Lipinski definition) is 1. The van der Waals surface area contributed by atoms with Crippen molar-refractivity contribution >= 4 is 45.6 Å². The van der Waals surface area contributed by atoms with Crippen LogP contribution in [0.1, 0.15) is 20.7 Å². The van der Waals surface area contributed by atoms with Gasteiger partial charge in [-0.25, -0.2) is 4.90 Å². The second kappa shape index (κ2) is 4.83. The van der Waals surface area contributed by atoms with E-state index in [1.54, 1.807) is 48.5 Å². The molecule has 0 atom stereocenters. The molecule has 2 N–H and O–H groups in total. The molecule has 3 aromatic carbocycles. The minimum absolute atomic E-state index is 0.361. The van der Waals surface area contributed by atoms with Crippen molar-refractivity contribution in [2.24, 2.45) is 0 Å². The van der Waals surface area contributed by atoms with Crippen LogP contribution in [0.4, 0.5) is 11.4 Å². The Morgan fingerprint density at radius 3 is 2.17 bits per heavy atom. The van der Waals surface area contributed by atoms with Crippen molar-refractivity contribution in [3.63, 3.8) is 0 Å². The lowest BCUT2D eigenvalue weighted by Gasteiger charge is -2.27. The maximum Gasteiger partial charge on any atom is 0.265 e. The fourth-order valence-electron chi connectivity index (χ4n) is 2.92. The number of nitrogens with two attached hydrogens (primary N) is 1. The first kappa shape index (κ1) is 13.8. The maximum absolute atomic E-state index is 12.8. The largest absolute Gasteiger partial charge is 0.399 e. The number of hydrogen-bond acceptors (Lipinski definition) is 3. The van der Waals surface area contributed by atoms with Crippen LogP contribution in [0, 0.1) is 0 Å². The highest BCUT2D eigenvalue weighted by Gasteiger charge is 2.34. The number of carbonyl (C=O) groups excluding carboxylic acids is 2. The molecule has 0 saturated heterocycles. The number of nitrogens with zero attached hydrogens (tertiary/aromatic N) is 1. The summed E-state index contributed by atoms with van der Waals surface area (Å²) in [6.07, 6.45) is 0. The molecule has 1 heterocycles. The van der Waals surface area contributed by atoms with E-state index in [-0.39, 0.29) is 11.8 Å². The van der Waals surface area contributed by atoms with Gasteiger partial charge in [-0.1, -0.05) is 23.7 Å². The zero-order valence-electron chi connectivity index (χ0n) is 11.9. The molecular formula is C18H11ClN2O2. The Bertz CT molecular complexity index is 958. The Kier molecular flexibility index (Phi) is 2.89. The van der Waals surface area contributed by atoms with E-state index in [9.17, 15) is 9.59 Å². The van der Waals surface area contributed by atoms with E-state index < -0.39 is 0 Å². The monoisotopic (exact) mass is 322 g/mol. The third kappa shape index (κ3) is 1.92. The van der Waals surface area contributed by atoms with Gasteiger partial charge in [-0.05, 0) is 42.5 Å². The van der Waals surface area contributed by atoms with Crippen LogP contribution in [-0.2, 0) is 0 Å². The van der Waals surface area contributed by atoms with Crippen LogP contribution in [0.5, 0.6) is 0 Å². The Hall–Kier alpha value is -2.85. The average molecular weight is 323 g/mol. The van der Waals surface area contributed by atoms with Crippen molar-refractivity contribution in [2.75, 3.05) is 10.6 Å². The number of halogens is 1. The minimum atomic E-state index is -0.361. The lowest BCUT2D eigenvalue weighted by Crippen LogP contribution is -2.40. The Balaban J connectivity index is 1.99. The van der Waals surface area contributed by atoms with E-state index in [1.807, 2.05) is 6.07 Å². The molecule has 0 aliphatic carbocycles. The van der Waals surface area contributed by atoms with Gasteiger partial charge in [0.15, 0.2) is 0 Å². The van der Waals surface area contributed by atoms with Gasteiger partial charge in [-0.15, -0.1) is 0 Å². The van der Waals surface area contributed by atoms with Crippen LogP contribution in [-0.4, -0.2) is 11.8 Å². The summed E-state index contributed by atoms with van der Waals surface area (Å²) in [4.78, 5) is 26.9. The van der Waals surface area contributed by atoms with Crippen LogP contribution in [0.3, 0.4) is 0 Å². The van der Waals surface area contributed by atoms with E-state index in [0.29, 0.717) is 38.3 Å². The van der Waals surface area contributed by atoms with E-state index in [1.165, 1.54) is 4.90 Å². The van der Waals surface area contributed by atoms with Gasteiger partial charge in [0.25, 0.3) is 11.8 Å². The van der Waals surface area contributed by atoms with Crippen molar-refractivity contribution in [3.05, 3.63) is 70.7 Å². The van der Waals surface area contributed by atoms with E-state index in [2.05, 4.69) is 0 Å². The lowest BCUT2D eigenvalue weighted by atomic mass is 9.93. The predicted octanol–water partition coefficient (Wildman–Crippen LogP) is 3.88. The molecule has 0 unspecified atom stereocenters. The molecule has 0 radical (unpaired) electrons. The second-order valence-electron chi connectivity index (χ2n) is 5.36. The van der Waals surface area contributed by atoms with E-state index >= 15 is 0 Å². The van der Waals surface area contributed by atoms with Gasteiger partial charge in [0.05, 0.1) is 5.69 Å². The molecule has 3 aromatic rings. The summed E-state index contributed by atoms with van der Waals surface area (Å²) in [5.41, 5.74) is 7.68.